The zero-order chi connectivity index (χ0) is 14.8. The van der Waals surface area contributed by atoms with Gasteiger partial charge in [0.25, 0.3) is 0 Å². The van der Waals surface area contributed by atoms with Crippen molar-refractivity contribution in [1.82, 2.24) is 5.32 Å². The van der Waals surface area contributed by atoms with Gasteiger partial charge in [-0.2, -0.15) is 13.2 Å². The van der Waals surface area contributed by atoms with Gasteiger partial charge in [-0.05, 0) is 37.6 Å². The SMILES string of the molecule is CC(C)CC1(NC(N)=S)C=CC(C(F)(F)F)=NC1C. The molecule has 0 bridgehead atoms. The number of allylic oxidation sites excluding steroid dienone is 1. The van der Waals surface area contributed by atoms with Gasteiger partial charge in [-0.15, -0.1) is 0 Å². The quantitative estimate of drug-likeness (QED) is 0.786. The van der Waals surface area contributed by atoms with Crippen LogP contribution >= 0.6 is 12.2 Å². The summed E-state index contributed by atoms with van der Waals surface area (Å²) in [4.78, 5) is 3.74. The number of alkyl halides is 3. The van der Waals surface area contributed by atoms with Crippen LogP contribution in [0.3, 0.4) is 0 Å². The monoisotopic (exact) mass is 293 g/mol. The first-order valence-corrected chi connectivity index (χ1v) is 6.39. The summed E-state index contributed by atoms with van der Waals surface area (Å²) in [6.07, 6.45) is -1.37. The Morgan fingerprint density at radius 2 is 2.16 bits per heavy atom. The molecular formula is C12H18F3N3S. The van der Waals surface area contributed by atoms with Gasteiger partial charge in [-0.25, -0.2) is 0 Å². The van der Waals surface area contributed by atoms with E-state index in [2.05, 4.69) is 10.3 Å². The number of hydrogen-bond donors (Lipinski definition) is 2. The Morgan fingerprint density at radius 1 is 1.58 bits per heavy atom. The third kappa shape index (κ3) is 3.92. The van der Waals surface area contributed by atoms with Crippen molar-refractivity contribution in [1.29, 1.82) is 0 Å². The Morgan fingerprint density at radius 3 is 2.53 bits per heavy atom. The third-order valence-corrected chi connectivity index (χ3v) is 3.11. The maximum Gasteiger partial charge on any atom is 0.432 e. The lowest BCUT2D eigenvalue weighted by molar-refractivity contribution is -0.0584. The van der Waals surface area contributed by atoms with Gasteiger partial charge >= 0.3 is 6.18 Å². The number of thiocarbonyl (C=S) groups is 1. The molecule has 1 aliphatic rings. The zero-order valence-electron chi connectivity index (χ0n) is 11.1. The summed E-state index contributed by atoms with van der Waals surface area (Å²) in [5.41, 5.74) is 3.86. The van der Waals surface area contributed by atoms with Crippen molar-refractivity contribution in [2.75, 3.05) is 0 Å². The van der Waals surface area contributed by atoms with Crippen LogP contribution in [0.25, 0.3) is 0 Å². The molecule has 2 unspecified atom stereocenters. The second kappa shape index (κ2) is 5.48. The molecule has 0 aromatic rings. The lowest BCUT2D eigenvalue weighted by Gasteiger charge is -2.39. The van der Waals surface area contributed by atoms with E-state index in [0.29, 0.717) is 6.42 Å². The molecule has 3 nitrogen and oxygen atoms in total. The predicted molar refractivity (Wildman–Crippen MR) is 74.2 cm³/mol. The summed E-state index contributed by atoms with van der Waals surface area (Å²) in [5.74, 6) is 0.261. The Bertz CT molecular complexity index is 415. The molecule has 0 saturated carbocycles. The highest BCUT2D eigenvalue weighted by atomic mass is 32.1. The molecule has 1 rings (SSSR count). The van der Waals surface area contributed by atoms with Crippen LogP contribution in [-0.2, 0) is 0 Å². The molecule has 3 N–H and O–H groups in total. The van der Waals surface area contributed by atoms with Gasteiger partial charge in [0.15, 0.2) is 5.11 Å². The topological polar surface area (TPSA) is 50.4 Å². The number of nitrogens with zero attached hydrogens (tertiary/aromatic N) is 1. The second-order valence-electron chi connectivity index (χ2n) is 5.15. The Balaban J connectivity index is 3.07. The molecule has 108 valence electrons. The summed E-state index contributed by atoms with van der Waals surface area (Å²) in [5, 5.41) is 2.95. The van der Waals surface area contributed by atoms with Gasteiger partial charge in [0.05, 0.1) is 11.6 Å². The van der Waals surface area contributed by atoms with Crippen molar-refractivity contribution < 1.29 is 13.2 Å². The molecule has 0 aromatic heterocycles. The predicted octanol–water partition coefficient (Wildman–Crippen LogP) is 2.57. The first kappa shape index (κ1) is 15.9. The molecule has 1 aliphatic heterocycles. The average Bonchev–Trinajstić information content (AvgIpc) is 2.18. The zero-order valence-corrected chi connectivity index (χ0v) is 11.9. The smallest absolute Gasteiger partial charge is 0.376 e. The lowest BCUT2D eigenvalue weighted by atomic mass is 9.81. The normalized spacial score (nSPS) is 27.3. The minimum atomic E-state index is -4.43. The molecule has 19 heavy (non-hydrogen) atoms. The standard InChI is InChI=1S/C12H18F3N3S/c1-7(2)6-11(18-10(16)19)5-4-9(12(13,14)15)17-8(11)3/h4-5,7-8H,6H2,1-3H3,(H3,16,18,19). The third-order valence-electron chi connectivity index (χ3n) is 3.01. The van der Waals surface area contributed by atoms with E-state index in [1.807, 2.05) is 13.8 Å². The van der Waals surface area contributed by atoms with Crippen LogP contribution in [0.1, 0.15) is 27.2 Å². The number of halogens is 3. The van der Waals surface area contributed by atoms with Crippen LogP contribution in [0, 0.1) is 5.92 Å². The molecule has 1 heterocycles. The highest BCUT2D eigenvalue weighted by molar-refractivity contribution is 7.80. The fraction of sp³-hybridized carbons (Fsp3) is 0.667. The van der Waals surface area contributed by atoms with E-state index in [1.165, 1.54) is 6.08 Å². The van der Waals surface area contributed by atoms with E-state index in [9.17, 15) is 13.2 Å². The van der Waals surface area contributed by atoms with Crippen LogP contribution < -0.4 is 11.1 Å². The van der Waals surface area contributed by atoms with Crippen LogP contribution in [0.15, 0.2) is 17.1 Å². The van der Waals surface area contributed by atoms with Crippen LogP contribution in [0.5, 0.6) is 0 Å². The van der Waals surface area contributed by atoms with E-state index in [4.69, 9.17) is 18.0 Å². The van der Waals surface area contributed by atoms with Gasteiger partial charge < -0.3 is 11.1 Å². The van der Waals surface area contributed by atoms with Crippen LogP contribution in [-0.4, -0.2) is 28.6 Å². The van der Waals surface area contributed by atoms with E-state index in [0.717, 1.165) is 6.08 Å². The fourth-order valence-corrected chi connectivity index (χ4v) is 2.43. The summed E-state index contributed by atoms with van der Waals surface area (Å²) in [6.45, 7) is 5.59. The van der Waals surface area contributed by atoms with Gasteiger partial charge in [0.1, 0.15) is 5.71 Å². The van der Waals surface area contributed by atoms with Gasteiger partial charge in [-0.3, -0.25) is 4.99 Å². The highest BCUT2D eigenvalue weighted by Gasteiger charge is 2.42. The fourth-order valence-electron chi connectivity index (χ4n) is 2.24. The molecule has 0 aliphatic carbocycles. The summed E-state index contributed by atoms with van der Waals surface area (Å²) >= 11 is 4.82. The minimum absolute atomic E-state index is 0.0582. The maximum atomic E-state index is 12.6. The van der Waals surface area contributed by atoms with Crippen molar-refractivity contribution >= 4 is 23.0 Å². The minimum Gasteiger partial charge on any atom is -0.376 e. The number of rotatable bonds is 3. The molecule has 0 saturated heterocycles. The van der Waals surface area contributed by atoms with Crippen LogP contribution in [0.4, 0.5) is 13.2 Å². The molecule has 0 amide bonds. The maximum absolute atomic E-state index is 12.6. The molecular weight excluding hydrogens is 275 g/mol. The van der Waals surface area contributed by atoms with E-state index >= 15 is 0 Å². The largest absolute Gasteiger partial charge is 0.432 e. The Labute approximate surface area is 116 Å². The molecule has 0 fully saturated rings. The number of dihydropyridines is 1. The van der Waals surface area contributed by atoms with E-state index in [-0.39, 0.29) is 11.0 Å². The molecule has 0 aromatic carbocycles. The van der Waals surface area contributed by atoms with Crippen molar-refractivity contribution in [3.05, 3.63) is 12.2 Å². The van der Waals surface area contributed by atoms with Crippen molar-refractivity contribution in [2.24, 2.45) is 16.6 Å². The lowest BCUT2D eigenvalue weighted by Crippen LogP contribution is -2.57. The number of aliphatic imine (C=N–C) groups is 1. The Kier molecular flexibility index (Phi) is 4.60. The van der Waals surface area contributed by atoms with Crippen molar-refractivity contribution in [3.63, 3.8) is 0 Å². The van der Waals surface area contributed by atoms with Crippen molar-refractivity contribution in [3.8, 4) is 0 Å². The molecule has 7 heteroatoms. The van der Waals surface area contributed by atoms with E-state index < -0.39 is 23.5 Å². The summed E-state index contributed by atoms with van der Waals surface area (Å²) in [6, 6.07) is -0.599. The molecule has 0 radical (unpaired) electrons. The molecule has 2 atom stereocenters. The van der Waals surface area contributed by atoms with Gasteiger partial charge in [0.2, 0.25) is 0 Å². The van der Waals surface area contributed by atoms with Crippen LogP contribution in [0.2, 0.25) is 0 Å². The number of hydrogen-bond acceptors (Lipinski definition) is 2. The van der Waals surface area contributed by atoms with Crippen molar-refractivity contribution in [2.45, 2.75) is 44.9 Å². The second-order valence-corrected chi connectivity index (χ2v) is 5.59. The van der Waals surface area contributed by atoms with E-state index in [1.54, 1.807) is 6.92 Å². The highest BCUT2D eigenvalue weighted by Crippen LogP contribution is 2.31. The Hall–Kier alpha value is -1.11. The average molecular weight is 293 g/mol. The first-order chi connectivity index (χ1) is 8.57. The number of nitrogens with two attached hydrogens (primary N) is 1. The van der Waals surface area contributed by atoms with Gasteiger partial charge in [0, 0.05) is 0 Å². The molecule has 0 spiro atoms. The van der Waals surface area contributed by atoms with Gasteiger partial charge in [-0.1, -0.05) is 19.9 Å². The first-order valence-electron chi connectivity index (χ1n) is 5.98. The summed E-state index contributed by atoms with van der Waals surface area (Å²) in [7, 11) is 0. The number of nitrogens with one attached hydrogen (secondary N) is 1. The summed E-state index contributed by atoms with van der Waals surface area (Å²) < 4.78 is 37.9.